The van der Waals surface area contributed by atoms with Crippen molar-refractivity contribution in [3.8, 4) is 11.8 Å². The molecule has 1 heterocycles. The van der Waals surface area contributed by atoms with Crippen LogP contribution < -0.4 is 10.1 Å². The van der Waals surface area contributed by atoms with E-state index in [9.17, 15) is 14.9 Å². The molecule has 0 aliphatic carbocycles. The molecule has 0 radical (unpaired) electrons. The fourth-order valence-corrected chi connectivity index (χ4v) is 3.25. The van der Waals surface area contributed by atoms with E-state index in [1.807, 2.05) is 66.9 Å². The Hall–Kier alpha value is -4.05. The molecule has 2 aromatic carbocycles. The summed E-state index contributed by atoms with van der Waals surface area (Å²) < 4.78 is 12.4. The van der Waals surface area contributed by atoms with Crippen molar-refractivity contribution in [2.75, 3.05) is 18.5 Å². The molecule has 0 spiro atoms. The van der Waals surface area contributed by atoms with Crippen LogP contribution in [0.15, 0.2) is 60.7 Å². The lowest BCUT2D eigenvalue weighted by Gasteiger charge is -2.13. The first-order valence-electron chi connectivity index (χ1n) is 10.3. The van der Waals surface area contributed by atoms with Crippen molar-refractivity contribution in [3.05, 3.63) is 83.0 Å². The van der Waals surface area contributed by atoms with E-state index >= 15 is 0 Å². The Morgan fingerprint density at radius 2 is 1.69 bits per heavy atom. The molecule has 1 amide bonds. The van der Waals surface area contributed by atoms with Crippen molar-refractivity contribution in [3.63, 3.8) is 0 Å². The Morgan fingerprint density at radius 3 is 2.34 bits per heavy atom. The van der Waals surface area contributed by atoms with Gasteiger partial charge in [0.25, 0.3) is 5.91 Å². The first-order chi connectivity index (χ1) is 15.5. The number of nitriles is 1. The smallest absolute Gasteiger partial charge is 0.309 e. The Morgan fingerprint density at radius 1 is 1.03 bits per heavy atom. The van der Waals surface area contributed by atoms with Crippen LogP contribution in [0.4, 0.5) is 5.82 Å². The van der Waals surface area contributed by atoms with Gasteiger partial charge in [0.15, 0.2) is 6.61 Å². The van der Waals surface area contributed by atoms with Crippen LogP contribution in [0.1, 0.15) is 28.8 Å². The van der Waals surface area contributed by atoms with E-state index in [1.54, 1.807) is 12.1 Å². The molecule has 1 N–H and O–H groups in total. The molecule has 0 atom stereocenters. The second-order valence-corrected chi connectivity index (χ2v) is 7.24. The van der Waals surface area contributed by atoms with Gasteiger partial charge in [0.1, 0.15) is 17.6 Å². The van der Waals surface area contributed by atoms with E-state index in [0.717, 1.165) is 16.8 Å². The Balaban J connectivity index is 1.58. The summed E-state index contributed by atoms with van der Waals surface area (Å²) >= 11 is 0. The molecule has 0 aliphatic heterocycles. The fourth-order valence-electron chi connectivity index (χ4n) is 3.25. The number of ether oxygens (including phenoxy) is 2. The monoisotopic (exact) mass is 431 g/mol. The highest BCUT2D eigenvalue weighted by molar-refractivity contribution is 5.93. The van der Waals surface area contributed by atoms with Crippen molar-refractivity contribution in [2.45, 2.75) is 26.8 Å². The molecule has 3 rings (SSSR count). The minimum absolute atomic E-state index is 0.0220. The van der Waals surface area contributed by atoms with Crippen molar-refractivity contribution in [2.24, 2.45) is 0 Å². The number of para-hydroxylation sites is 1. The quantitative estimate of drug-likeness (QED) is 0.518. The van der Waals surface area contributed by atoms with E-state index < -0.39 is 18.5 Å². The third kappa shape index (κ3) is 5.76. The maximum atomic E-state index is 12.5. The van der Waals surface area contributed by atoms with Crippen LogP contribution in [-0.2, 0) is 20.9 Å². The van der Waals surface area contributed by atoms with Crippen LogP contribution in [0.2, 0.25) is 0 Å². The molecule has 32 heavy (non-hydrogen) atoms. The normalized spacial score (nSPS) is 10.3. The van der Waals surface area contributed by atoms with Crippen molar-refractivity contribution in [1.29, 1.82) is 5.26 Å². The number of hydrogen-bond donors (Lipinski definition) is 1. The highest BCUT2D eigenvalue weighted by Gasteiger charge is 2.20. The van der Waals surface area contributed by atoms with Crippen LogP contribution in [0.5, 0.6) is 5.75 Å². The summed E-state index contributed by atoms with van der Waals surface area (Å²) in [7, 11) is 0. The zero-order valence-corrected chi connectivity index (χ0v) is 18.1. The minimum Gasteiger partial charge on any atom is -0.493 e. The Bertz CT molecular complexity index is 1120. The first kappa shape index (κ1) is 22.6. The molecule has 7 heteroatoms. The van der Waals surface area contributed by atoms with Crippen molar-refractivity contribution in [1.82, 2.24) is 4.57 Å². The summed E-state index contributed by atoms with van der Waals surface area (Å²) in [5, 5.41) is 12.4. The van der Waals surface area contributed by atoms with Gasteiger partial charge < -0.3 is 19.4 Å². The number of nitrogens with one attached hydrogen (secondary N) is 1. The predicted octanol–water partition coefficient (Wildman–Crippen LogP) is 3.98. The van der Waals surface area contributed by atoms with Gasteiger partial charge in [-0.3, -0.25) is 9.59 Å². The summed E-state index contributed by atoms with van der Waals surface area (Å²) in [5.41, 5.74) is 3.12. The number of aromatic nitrogens is 1. The number of benzene rings is 2. The Labute approximate surface area is 187 Å². The van der Waals surface area contributed by atoms with E-state index in [1.165, 1.54) is 0 Å². The molecule has 1 aromatic heterocycles. The maximum absolute atomic E-state index is 12.5. The van der Waals surface area contributed by atoms with Crippen molar-refractivity contribution < 1.29 is 19.1 Å². The van der Waals surface area contributed by atoms with Gasteiger partial charge in [-0.15, -0.1) is 0 Å². The number of rotatable bonds is 9. The third-order valence-electron chi connectivity index (χ3n) is 5.06. The second-order valence-electron chi connectivity index (χ2n) is 7.24. The van der Waals surface area contributed by atoms with Gasteiger partial charge in [-0.2, -0.15) is 5.26 Å². The van der Waals surface area contributed by atoms with Crippen LogP contribution in [-0.4, -0.2) is 29.7 Å². The molecular weight excluding hydrogens is 406 g/mol. The van der Waals surface area contributed by atoms with E-state index in [2.05, 4.69) is 11.4 Å². The summed E-state index contributed by atoms with van der Waals surface area (Å²) in [6.45, 7) is 3.96. The highest BCUT2D eigenvalue weighted by atomic mass is 16.5. The first-order valence-corrected chi connectivity index (χ1v) is 10.3. The van der Waals surface area contributed by atoms with Gasteiger partial charge in [-0.1, -0.05) is 48.5 Å². The van der Waals surface area contributed by atoms with Crippen LogP contribution in [0, 0.1) is 25.2 Å². The van der Waals surface area contributed by atoms with Crippen LogP contribution >= 0.6 is 0 Å². The SMILES string of the molecule is Cc1c(C#N)c(NC(=O)COC(=O)CCOc2ccccc2)n(Cc2ccccc2)c1C. The lowest BCUT2D eigenvalue weighted by atomic mass is 10.2. The molecule has 0 saturated heterocycles. The molecule has 0 fully saturated rings. The maximum Gasteiger partial charge on any atom is 0.309 e. The van der Waals surface area contributed by atoms with Gasteiger partial charge >= 0.3 is 5.97 Å². The average Bonchev–Trinajstić information content (AvgIpc) is 3.02. The van der Waals surface area contributed by atoms with Crippen LogP contribution in [0.25, 0.3) is 0 Å². The highest BCUT2D eigenvalue weighted by Crippen LogP contribution is 2.27. The van der Waals surface area contributed by atoms with E-state index in [0.29, 0.717) is 23.7 Å². The minimum atomic E-state index is -0.538. The fraction of sp³-hybridized carbons (Fsp3) is 0.240. The standard InChI is InChI=1S/C25H25N3O4/c1-18-19(2)28(16-20-9-5-3-6-10-20)25(22(18)15-26)27-23(29)17-32-24(30)13-14-31-21-11-7-4-8-12-21/h3-12H,13-14,16-17H2,1-2H3,(H,27,29). The van der Waals surface area contributed by atoms with Gasteiger partial charge in [-0.05, 0) is 37.1 Å². The summed E-state index contributed by atoms with van der Waals surface area (Å²) in [6, 6.07) is 21.1. The lowest BCUT2D eigenvalue weighted by Crippen LogP contribution is -2.23. The molecule has 7 nitrogen and oxygen atoms in total. The largest absolute Gasteiger partial charge is 0.493 e. The van der Waals surface area contributed by atoms with Gasteiger partial charge in [0, 0.05) is 12.2 Å². The zero-order chi connectivity index (χ0) is 22.9. The van der Waals surface area contributed by atoms with E-state index in [-0.39, 0.29) is 13.0 Å². The molecular formula is C25H25N3O4. The molecule has 164 valence electrons. The summed E-state index contributed by atoms with van der Waals surface area (Å²) in [6.07, 6.45) is 0.0220. The Kier molecular flexibility index (Phi) is 7.65. The number of hydrogen-bond acceptors (Lipinski definition) is 5. The second kappa shape index (κ2) is 10.8. The van der Waals surface area contributed by atoms with Crippen LogP contribution in [0.3, 0.4) is 0 Å². The third-order valence-corrected chi connectivity index (χ3v) is 5.06. The summed E-state index contributed by atoms with van der Waals surface area (Å²) in [5.74, 6) is 0.0149. The van der Waals surface area contributed by atoms with Crippen molar-refractivity contribution >= 4 is 17.7 Å². The average molecular weight is 431 g/mol. The topological polar surface area (TPSA) is 93.3 Å². The molecule has 0 unspecified atom stereocenters. The number of nitrogens with zero attached hydrogens (tertiary/aromatic N) is 2. The summed E-state index contributed by atoms with van der Waals surface area (Å²) in [4.78, 5) is 24.4. The number of esters is 1. The van der Waals surface area contributed by atoms with Gasteiger partial charge in [-0.25, -0.2) is 0 Å². The number of carbonyl (C=O) groups is 2. The molecule has 0 bridgehead atoms. The van der Waals surface area contributed by atoms with Gasteiger partial charge in [0.05, 0.1) is 18.6 Å². The molecule has 0 saturated carbocycles. The zero-order valence-electron chi connectivity index (χ0n) is 18.1. The van der Waals surface area contributed by atoms with Gasteiger partial charge in [0.2, 0.25) is 0 Å². The number of carbonyl (C=O) groups excluding carboxylic acids is 2. The lowest BCUT2D eigenvalue weighted by molar-refractivity contribution is -0.147. The molecule has 3 aromatic rings. The van der Waals surface area contributed by atoms with E-state index in [4.69, 9.17) is 9.47 Å². The number of anilines is 1. The molecule has 0 aliphatic rings. The predicted molar refractivity (Wildman–Crippen MR) is 120 cm³/mol. The number of amides is 1.